The molecule has 84 valence electrons. The molecular formula is C10H7F3N2O. The number of alkyl halides is 3. The van der Waals surface area contributed by atoms with Crippen LogP contribution in [0.3, 0.4) is 0 Å². The molecule has 0 aliphatic carbocycles. The average molecular weight is 228 g/mol. The largest absolute Gasteiger partial charge is 0.442 e. The standard InChI is InChI=1S/C10H7F3N2O/c1-6(16)7-4-2-3-5-8(7)9(14-15-9)10(11,12)13/h2-5H,1H3. The van der Waals surface area contributed by atoms with Gasteiger partial charge in [-0.3, -0.25) is 4.79 Å². The minimum atomic E-state index is -4.60. The molecule has 16 heavy (non-hydrogen) atoms. The van der Waals surface area contributed by atoms with Crippen LogP contribution in [0, 0.1) is 0 Å². The Bertz CT molecular complexity index is 473. The summed E-state index contributed by atoms with van der Waals surface area (Å²) < 4.78 is 38.2. The van der Waals surface area contributed by atoms with Gasteiger partial charge in [0, 0.05) is 11.1 Å². The van der Waals surface area contributed by atoms with Crippen molar-refractivity contribution in [1.29, 1.82) is 0 Å². The molecule has 0 N–H and O–H groups in total. The first-order valence-corrected chi connectivity index (χ1v) is 4.50. The molecule has 0 fully saturated rings. The van der Waals surface area contributed by atoms with Crippen LogP contribution in [-0.2, 0) is 5.66 Å². The van der Waals surface area contributed by atoms with Gasteiger partial charge in [0.05, 0.1) is 0 Å². The summed E-state index contributed by atoms with van der Waals surface area (Å²) in [6, 6.07) is 5.50. The smallest absolute Gasteiger partial charge is 0.294 e. The van der Waals surface area contributed by atoms with Crippen molar-refractivity contribution >= 4 is 5.78 Å². The number of carbonyl (C=O) groups excluding carboxylic acids is 1. The first-order valence-electron chi connectivity index (χ1n) is 4.50. The maximum atomic E-state index is 12.7. The van der Waals surface area contributed by atoms with Crippen molar-refractivity contribution in [3.63, 3.8) is 0 Å². The van der Waals surface area contributed by atoms with Gasteiger partial charge in [0.2, 0.25) is 0 Å². The second kappa shape index (κ2) is 3.13. The van der Waals surface area contributed by atoms with E-state index in [0.717, 1.165) is 0 Å². The Morgan fingerprint density at radius 3 is 2.25 bits per heavy atom. The number of carbonyl (C=O) groups is 1. The van der Waals surface area contributed by atoms with Crippen LogP contribution >= 0.6 is 0 Å². The van der Waals surface area contributed by atoms with Crippen LogP contribution in [-0.4, -0.2) is 12.0 Å². The van der Waals surface area contributed by atoms with Crippen molar-refractivity contribution in [2.75, 3.05) is 0 Å². The van der Waals surface area contributed by atoms with E-state index in [-0.39, 0.29) is 11.1 Å². The summed E-state index contributed by atoms with van der Waals surface area (Å²) in [5.41, 5.74) is -2.71. The van der Waals surface area contributed by atoms with Crippen molar-refractivity contribution < 1.29 is 18.0 Å². The fourth-order valence-corrected chi connectivity index (χ4v) is 1.52. The fourth-order valence-electron chi connectivity index (χ4n) is 1.52. The molecule has 0 amide bonds. The Kier molecular flexibility index (Phi) is 2.11. The first kappa shape index (κ1) is 10.8. The monoisotopic (exact) mass is 228 g/mol. The number of Topliss-reactive ketones (excluding diaryl/α,β-unsaturated/α-hetero) is 1. The zero-order valence-electron chi connectivity index (χ0n) is 8.25. The van der Waals surface area contributed by atoms with E-state index in [0.29, 0.717) is 0 Å². The average Bonchev–Trinajstić information content (AvgIpc) is 2.97. The van der Waals surface area contributed by atoms with Gasteiger partial charge in [-0.25, -0.2) is 0 Å². The van der Waals surface area contributed by atoms with Crippen molar-refractivity contribution in [2.45, 2.75) is 18.8 Å². The Balaban J connectivity index is 2.54. The highest BCUT2D eigenvalue weighted by Gasteiger charge is 2.66. The maximum Gasteiger partial charge on any atom is 0.442 e. The van der Waals surface area contributed by atoms with E-state index in [4.69, 9.17) is 0 Å². The Morgan fingerprint density at radius 2 is 1.81 bits per heavy atom. The van der Waals surface area contributed by atoms with E-state index in [2.05, 4.69) is 10.2 Å². The lowest BCUT2D eigenvalue weighted by atomic mass is 9.95. The predicted molar refractivity (Wildman–Crippen MR) is 49.0 cm³/mol. The predicted octanol–water partition coefficient (Wildman–Crippen LogP) is 3.07. The lowest BCUT2D eigenvalue weighted by Crippen LogP contribution is -2.31. The second-order valence-electron chi connectivity index (χ2n) is 3.47. The number of hydrogen-bond acceptors (Lipinski definition) is 3. The molecule has 0 unspecified atom stereocenters. The molecule has 1 aromatic carbocycles. The molecule has 0 aromatic heterocycles. The van der Waals surface area contributed by atoms with Crippen LogP contribution < -0.4 is 0 Å². The summed E-state index contributed by atoms with van der Waals surface area (Å²) in [5.74, 6) is -0.434. The minimum Gasteiger partial charge on any atom is -0.294 e. The van der Waals surface area contributed by atoms with Crippen LogP contribution in [0.5, 0.6) is 0 Å². The van der Waals surface area contributed by atoms with Gasteiger partial charge in [0.25, 0.3) is 0 Å². The van der Waals surface area contributed by atoms with Crippen molar-refractivity contribution in [3.05, 3.63) is 35.4 Å². The number of halogens is 3. The molecule has 1 aromatic rings. The number of rotatable bonds is 2. The second-order valence-corrected chi connectivity index (χ2v) is 3.47. The lowest BCUT2D eigenvalue weighted by Gasteiger charge is -2.16. The SMILES string of the molecule is CC(=O)c1ccccc1C1(C(F)(F)F)N=N1. The Morgan fingerprint density at radius 1 is 1.25 bits per heavy atom. The van der Waals surface area contributed by atoms with E-state index < -0.39 is 17.6 Å². The van der Waals surface area contributed by atoms with Crippen molar-refractivity contribution in [1.82, 2.24) is 0 Å². The van der Waals surface area contributed by atoms with Crippen LogP contribution in [0.4, 0.5) is 13.2 Å². The Hall–Kier alpha value is -1.72. The third-order valence-electron chi connectivity index (χ3n) is 2.38. The van der Waals surface area contributed by atoms with Gasteiger partial charge in [0.1, 0.15) is 0 Å². The molecule has 0 spiro atoms. The summed E-state index contributed by atoms with van der Waals surface area (Å²) in [6.45, 7) is 1.21. The van der Waals surface area contributed by atoms with E-state index in [1.54, 1.807) is 0 Å². The molecule has 6 heteroatoms. The molecule has 1 aliphatic rings. The highest BCUT2D eigenvalue weighted by atomic mass is 19.4. The van der Waals surface area contributed by atoms with E-state index in [9.17, 15) is 18.0 Å². The molecule has 0 saturated heterocycles. The molecule has 2 rings (SSSR count). The summed E-state index contributed by atoms with van der Waals surface area (Å²) in [5, 5.41) is 6.13. The van der Waals surface area contributed by atoms with Gasteiger partial charge in [0.15, 0.2) is 5.78 Å². The molecule has 0 saturated carbocycles. The third kappa shape index (κ3) is 1.41. The number of benzene rings is 1. The van der Waals surface area contributed by atoms with E-state index in [1.807, 2.05) is 0 Å². The summed E-state index contributed by atoms with van der Waals surface area (Å²) in [7, 11) is 0. The maximum absolute atomic E-state index is 12.7. The first-order chi connectivity index (χ1) is 7.38. The molecule has 0 bridgehead atoms. The summed E-state index contributed by atoms with van der Waals surface area (Å²) in [4.78, 5) is 11.2. The number of ketones is 1. The van der Waals surface area contributed by atoms with Gasteiger partial charge in [-0.1, -0.05) is 24.3 Å². The van der Waals surface area contributed by atoms with E-state index >= 15 is 0 Å². The number of nitrogens with zero attached hydrogens (tertiary/aromatic N) is 2. The minimum absolute atomic E-state index is 0.00447. The van der Waals surface area contributed by atoms with Crippen LogP contribution in [0.25, 0.3) is 0 Å². The van der Waals surface area contributed by atoms with Crippen LogP contribution in [0.2, 0.25) is 0 Å². The molecule has 1 heterocycles. The molecule has 1 aliphatic heterocycles. The molecule has 0 radical (unpaired) electrons. The highest BCUT2D eigenvalue weighted by molar-refractivity contribution is 5.96. The quantitative estimate of drug-likeness (QED) is 0.717. The van der Waals surface area contributed by atoms with Crippen molar-refractivity contribution in [2.24, 2.45) is 10.2 Å². The van der Waals surface area contributed by atoms with Gasteiger partial charge < -0.3 is 0 Å². The summed E-state index contributed by atoms with van der Waals surface area (Å²) >= 11 is 0. The topological polar surface area (TPSA) is 41.8 Å². The Labute approximate surface area is 89.0 Å². The van der Waals surface area contributed by atoms with Gasteiger partial charge in [-0.15, -0.1) is 10.2 Å². The zero-order valence-corrected chi connectivity index (χ0v) is 8.25. The lowest BCUT2D eigenvalue weighted by molar-refractivity contribution is -0.166. The third-order valence-corrected chi connectivity index (χ3v) is 2.38. The van der Waals surface area contributed by atoms with Crippen molar-refractivity contribution in [3.8, 4) is 0 Å². The van der Waals surface area contributed by atoms with Gasteiger partial charge >= 0.3 is 11.8 Å². The van der Waals surface area contributed by atoms with Crippen LogP contribution in [0.15, 0.2) is 34.5 Å². The van der Waals surface area contributed by atoms with Crippen LogP contribution in [0.1, 0.15) is 22.8 Å². The normalized spacial score (nSPS) is 17.2. The highest BCUT2D eigenvalue weighted by Crippen LogP contribution is 2.53. The molecule has 0 atom stereocenters. The van der Waals surface area contributed by atoms with Gasteiger partial charge in [-0.2, -0.15) is 13.2 Å². The molecule has 3 nitrogen and oxygen atoms in total. The van der Waals surface area contributed by atoms with Gasteiger partial charge in [-0.05, 0) is 6.92 Å². The molecular weight excluding hydrogens is 221 g/mol. The fraction of sp³-hybridized carbons (Fsp3) is 0.300. The van der Waals surface area contributed by atoms with E-state index in [1.165, 1.54) is 31.2 Å². The summed E-state index contributed by atoms with van der Waals surface area (Å²) in [6.07, 6.45) is -4.60. The zero-order chi connectivity index (χ0) is 12.0. The number of hydrogen-bond donors (Lipinski definition) is 0.